The molecule has 6 heteroatoms. The normalized spacial score (nSPS) is 14.5. The molecule has 1 aliphatic heterocycles. The molecular formula is C18H21IN4O. The van der Waals surface area contributed by atoms with E-state index in [1.165, 1.54) is 19.3 Å². The van der Waals surface area contributed by atoms with Gasteiger partial charge in [-0.05, 0) is 79.1 Å². The van der Waals surface area contributed by atoms with E-state index >= 15 is 0 Å². The molecule has 0 radical (unpaired) electrons. The van der Waals surface area contributed by atoms with Crippen LogP contribution in [-0.4, -0.2) is 29.0 Å². The highest BCUT2D eigenvalue weighted by atomic mass is 127. The van der Waals surface area contributed by atoms with Crippen molar-refractivity contribution in [1.82, 2.24) is 15.3 Å². The second-order valence-corrected chi connectivity index (χ2v) is 7.28. The van der Waals surface area contributed by atoms with Crippen LogP contribution < -0.4 is 10.2 Å². The van der Waals surface area contributed by atoms with E-state index in [0.29, 0.717) is 12.1 Å². The summed E-state index contributed by atoms with van der Waals surface area (Å²) >= 11 is 2.23. The van der Waals surface area contributed by atoms with Crippen molar-refractivity contribution in [3.8, 4) is 0 Å². The van der Waals surface area contributed by atoms with Crippen molar-refractivity contribution in [2.45, 2.75) is 32.7 Å². The van der Waals surface area contributed by atoms with E-state index in [9.17, 15) is 4.79 Å². The second kappa shape index (κ2) is 7.92. The highest BCUT2D eigenvalue weighted by molar-refractivity contribution is 14.1. The lowest BCUT2D eigenvalue weighted by molar-refractivity contribution is 0.0950. The van der Waals surface area contributed by atoms with Gasteiger partial charge in [0.25, 0.3) is 5.91 Å². The van der Waals surface area contributed by atoms with Crippen LogP contribution in [0.25, 0.3) is 0 Å². The Hall–Kier alpha value is -1.70. The van der Waals surface area contributed by atoms with Crippen molar-refractivity contribution in [3.63, 3.8) is 0 Å². The van der Waals surface area contributed by atoms with E-state index in [-0.39, 0.29) is 5.91 Å². The Balaban J connectivity index is 1.67. The number of piperidine rings is 1. The Morgan fingerprint density at radius 2 is 1.88 bits per heavy atom. The van der Waals surface area contributed by atoms with Gasteiger partial charge in [0.1, 0.15) is 0 Å². The number of anilines is 1. The Morgan fingerprint density at radius 1 is 1.17 bits per heavy atom. The minimum atomic E-state index is -0.0813. The second-order valence-electron chi connectivity index (χ2n) is 6.04. The lowest BCUT2D eigenvalue weighted by Crippen LogP contribution is -2.32. The summed E-state index contributed by atoms with van der Waals surface area (Å²) in [5.74, 6) is 0.704. The third kappa shape index (κ3) is 4.43. The summed E-state index contributed by atoms with van der Waals surface area (Å²) in [5, 5.41) is 2.94. The molecule has 0 unspecified atom stereocenters. The fourth-order valence-corrected chi connectivity index (χ4v) is 3.18. The van der Waals surface area contributed by atoms with Crippen LogP contribution in [0.5, 0.6) is 0 Å². The molecule has 1 saturated heterocycles. The van der Waals surface area contributed by atoms with E-state index in [1.807, 2.05) is 37.3 Å². The summed E-state index contributed by atoms with van der Waals surface area (Å²) in [6, 6.07) is 9.46. The molecule has 0 spiro atoms. The smallest absolute Gasteiger partial charge is 0.251 e. The van der Waals surface area contributed by atoms with Gasteiger partial charge in [0.2, 0.25) is 5.95 Å². The summed E-state index contributed by atoms with van der Waals surface area (Å²) in [6.45, 7) is 4.41. The van der Waals surface area contributed by atoms with Crippen molar-refractivity contribution in [2.24, 2.45) is 0 Å². The van der Waals surface area contributed by atoms with Gasteiger partial charge in [0, 0.05) is 27.9 Å². The third-order valence-corrected chi connectivity index (χ3v) is 4.79. The average Bonchev–Trinajstić information content (AvgIpc) is 2.60. The highest BCUT2D eigenvalue weighted by Crippen LogP contribution is 2.16. The first kappa shape index (κ1) is 17.1. The molecule has 1 N–H and O–H groups in total. The van der Waals surface area contributed by atoms with Gasteiger partial charge in [-0.3, -0.25) is 4.79 Å². The number of carbonyl (C=O) groups excluding carboxylic acids is 1. The predicted molar refractivity (Wildman–Crippen MR) is 103 cm³/mol. The van der Waals surface area contributed by atoms with Crippen LogP contribution in [0, 0.1) is 10.5 Å². The van der Waals surface area contributed by atoms with E-state index in [2.05, 4.69) is 42.8 Å². The zero-order valence-corrected chi connectivity index (χ0v) is 15.9. The quantitative estimate of drug-likeness (QED) is 0.748. The molecule has 126 valence electrons. The average molecular weight is 436 g/mol. The van der Waals surface area contributed by atoms with Crippen LogP contribution in [0.15, 0.2) is 30.3 Å². The molecule has 1 aromatic carbocycles. The Bertz CT molecular complexity index is 711. The fourth-order valence-electron chi connectivity index (χ4n) is 2.82. The molecule has 2 aromatic rings. The summed E-state index contributed by atoms with van der Waals surface area (Å²) < 4.78 is 1.11. The van der Waals surface area contributed by atoms with E-state index in [0.717, 1.165) is 34.0 Å². The Kier molecular flexibility index (Phi) is 5.65. The molecule has 0 bridgehead atoms. The molecule has 1 amide bonds. The molecule has 0 aliphatic carbocycles. The highest BCUT2D eigenvalue weighted by Gasteiger charge is 2.15. The van der Waals surface area contributed by atoms with Crippen molar-refractivity contribution in [3.05, 3.63) is 50.9 Å². The van der Waals surface area contributed by atoms with Gasteiger partial charge in [-0.15, -0.1) is 0 Å². The Labute approximate surface area is 156 Å². The van der Waals surface area contributed by atoms with Crippen molar-refractivity contribution < 1.29 is 4.79 Å². The number of hydrogen-bond acceptors (Lipinski definition) is 4. The van der Waals surface area contributed by atoms with Gasteiger partial charge in [0.05, 0.1) is 12.2 Å². The molecule has 1 fully saturated rings. The number of rotatable bonds is 4. The predicted octanol–water partition coefficient (Wildman–Crippen LogP) is 3.31. The third-order valence-electron chi connectivity index (χ3n) is 4.07. The lowest BCUT2D eigenvalue weighted by atomic mass is 10.1. The number of nitrogens with one attached hydrogen (secondary N) is 1. The summed E-state index contributed by atoms with van der Waals surface area (Å²) in [5.41, 5.74) is 2.45. The van der Waals surface area contributed by atoms with Crippen LogP contribution in [-0.2, 0) is 6.54 Å². The minimum Gasteiger partial charge on any atom is -0.346 e. The van der Waals surface area contributed by atoms with Crippen LogP contribution in [0.2, 0.25) is 0 Å². The first-order valence-electron chi connectivity index (χ1n) is 8.25. The lowest BCUT2D eigenvalue weighted by Gasteiger charge is -2.27. The maximum atomic E-state index is 12.2. The number of nitrogens with zero attached hydrogens (tertiary/aromatic N) is 3. The van der Waals surface area contributed by atoms with Crippen molar-refractivity contribution >= 4 is 34.4 Å². The number of carbonyl (C=O) groups is 1. The van der Waals surface area contributed by atoms with E-state index < -0.39 is 0 Å². The zero-order chi connectivity index (χ0) is 16.9. The number of aromatic nitrogens is 2. The molecule has 2 heterocycles. The van der Waals surface area contributed by atoms with Gasteiger partial charge < -0.3 is 10.2 Å². The number of benzene rings is 1. The van der Waals surface area contributed by atoms with Crippen molar-refractivity contribution in [2.75, 3.05) is 18.0 Å². The Morgan fingerprint density at radius 3 is 2.58 bits per heavy atom. The molecule has 5 nitrogen and oxygen atoms in total. The maximum absolute atomic E-state index is 12.2. The van der Waals surface area contributed by atoms with Crippen LogP contribution >= 0.6 is 22.6 Å². The first-order valence-corrected chi connectivity index (χ1v) is 9.33. The summed E-state index contributed by atoms with van der Waals surface area (Å²) in [6.07, 6.45) is 3.66. The molecule has 24 heavy (non-hydrogen) atoms. The van der Waals surface area contributed by atoms with E-state index in [1.54, 1.807) is 0 Å². The monoisotopic (exact) mass is 436 g/mol. The van der Waals surface area contributed by atoms with Gasteiger partial charge >= 0.3 is 0 Å². The van der Waals surface area contributed by atoms with Crippen molar-refractivity contribution in [1.29, 1.82) is 0 Å². The van der Waals surface area contributed by atoms with E-state index in [4.69, 9.17) is 0 Å². The first-order chi connectivity index (χ1) is 11.6. The number of aryl methyl sites for hydroxylation is 1. The molecule has 1 aliphatic rings. The molecule has 0 saturated carbocycles. The van der Waals surface area contributed by atoms with Gasteiger partial charge in [0.15, 0.2) is 0 Å². The van der Waals surface area contributed by atoms with Gasteiger partial charge in [-0.1, -0.05) is 0 Å². The topological polar surface area (TPSA) is 58.1 Å². The summed E-state index contributed by atoms with van der Waals surface area (Å²) in [4.78, 5) is 23.7. The molecular weight excluding hydrogens is 415 g/mol. The molecule has 1 aromatic heterocycles. The molecule has 0 atom stereocenters. The van der Waals surface area contributed by atoms with Gasteiger partial charge in [-0.2, -0.15) is 0 Å². The number of halogens is 1. The van der Waals surface area contributed by atoms with Crippen LogP contribution in [0.4, 0.5) is 5.95 Å². The SMILES string of the molecule is Cc1cc(CNC(=O)c2ccc(I)cc2)nc(N2CCCCC2)n1. The fraction of sp³-hybridized carbons (Fsp3) is 0.389. The summed E-state index contributed by atoms with van der Waals surface area (Å²) in [7, 11) is 0. The van der Waals surface area contributed by atoms with Crippen LogP contribution in [0.3, 0.4) is 0 Å². The number of amides is 1. The van der Waals surface area contributed by atoms with Crippen LogP contribution in [0.1, 0.15) is 41.0 Å². The minimum absolute atomic E-state index is 0.0813. The maximum Gasteiger partial charge on any atom is 0.251 e. The zero-order valence-electron chi connectivity index (χ0n) is 13.8. The van der Waals surface area contributed by atoms with Gasteiger partial charge in [-0.25, -0.2) is 9.97 Å². The molecule has 3 rings (SSSR count). The largest absolute Gasteiger partial charge is 0.346 e. The number of hydrogen-bond donors (Lipinski definition) is 1. The standard InChI is InChI=1S/C18H21IN4O/c1-13-11-16(22-18(21-13)23-9-3-2-4-10-23)12-20-17(24)14-5-7-15(19)8-6-14/h5-8,11H,2-4,9-10,12H2,1H3,(H,20,24).